The molecule has 19 heavy (non-hydrogen) atoms. The molecule has 1 nitrogen and oxygen atoms in total. The highest BCUT2D eigenvalue weighted by Crippen LogP contribution is 2.31. The van der Waals surface area contributed by atoms with E-state index in [1.807, 2.05) is 0 Å². The van der Waals surface area contributed by atoms with Crippen molar-refractivity contribution in [2.45, 2.75) is 40.0 Å². The fraction of sp³-hybridized carbons (Fsp3) is 0.389. The zero-order chi connectivity index (χ0) is 13.8. The van der Waals surface area contributed by atoms with Crippen LogP contribution in [-0.4, -0.2) is 5.71 Å². The van der Waals surface area contributed by atoms with Crippen LogP contribution in [0.1, 0.15) is 40.0 Å². The molecule has 0 saturated carbocycles. The minimum atomic E-state index is 0.675. The summed E-state index contributed by atoms with van der Waals surface area (Å²) in [5.74, 6) is 0.675. The van der Waals surface area contributed by atoms with Crippen LogP contribution in [0.3, 0.4) is 0 Å². The molecule has 0 spiro atoms. The number of aliphatic imine (C=N–C) groups is 1. The molecule has 0 N–H and O–H groups in total. The normalized spacial score (nSPS) is 24.2. The Hall–Kier alpha value is -1.63. The van der Waals surface area contributed by atoms with Crippen LogP contribution in [0.25, 0.3) is 0 Å². The molecular formula is C18H23N. The third kappa shape index (κ3) is 3.23. The van der Waals surface area contributed by atoms with Crippen molar-refractivity contribution >= 4 is 5.71 Å². The highest BCUT2D eigenvalue weighted by molar-refractivity contribution is 6.02. The summed E-state index contributed by atoms with van der Waals surface area (Å²) < 4.78 is 0. The van der Waals surface area contributed by atoms with Gasteiger partial charge in [-0.15, -0.1) is 0 Å². The van der Waals surface area contributed by atoms with Crippen molar-refractivity contribution in [1.29, 1.82) is 0 Å². The monoisotopic (exact) mass is 253 g/mol. The second kappa shape index (κ2) is 6.01. The minimum absolute atomic E-state index is 0.675. The summed E-state index contributed by atoms with van der Waals surface area (Å²) in [6, 6.07) is 0. The van der Waals surface area contributed by atoms with E-state index in [2.05, 4.69) is 56.6 Å². The Morgan fingerprint density at radius 3 is 2.84 bits per heavy atom. The predicted octanol–water partition coefficient (Wildman–Crippen LogP) is 5.15. The molecule has 0 heterocycles. The molecule has 0 aromatic carbocycles. The lowest BCUT2D eigenvalue weighted by atomic mass is 9.85. The standard InChI is InChI=1S/C18H23N/c1-5-19-15(4)18-12-17(11-8-14(18)3)16-9-6-13(2)7-10-16/h5-6,9-10,12-13H,1,7-8,11H2,2-4H3/b19-15-. The lowest BCUT2D eigenvalue weighted by molar-refractivity contribution is 0.729. The van der Waals surface area contributed by atoms with Crippen LogP contribution in [0.5, 0.6) is 0 Å². The Morgan fingerprint density at radius 2 is 2.21 bits per heavy atom. The van der Waals surface area contributed by atoms with Crippen molar-refractivity contribution in [1.82, 2.24) is 0 Å². The van der Waals surface area contributed by atoms with Crippen LogP contribution in [0.4, 0.5) is 0 Å². The second-order valence-corrected chi connectivity index (χ2v) is 5.49. The van der Waals surface area contributed by atoms with Gasteiger partial charge in [0.25, 0.3) is 0 Å². The summed E-state index contributed by atoms with van der Waals surface area (Å²) in [4.78, 5) is 4.33. The van der Waals surface area contributed by atoms with Crippen molar-refractivity contribution < 1.29 is 0 Å². The highest BCUT2D eigenvalue weighted by Gasteiger charge is 2.15. The molecule has 0 fully saturated rings. The molecule has 0 aromatic heterocycles. The molecule has 2 aliphatic rings. The molecule has 100 valence electrons. The van der Waals surface area contributed by atoms with Crippen LogP contribution in [-0.2, 0) is 0 Å². The Kier molecular flexibility index (Phi) is 4.36. The first kappa shape index (κ1) is 13.8. The largest absolute Gasteiger partial charge is 0.262 e. The smallest absolute Gasteiger partial charge is 0.0444 e. The van der Waals surface area contributed by atoms with E-state index in [0.717, 1.165) is 25.0 Å². The van der Waals surface area contributed by atoms with Gasteiger partial charge in [-0.05, 0) is 61.8 Å². The minimum Gasteiger partial charge on any atom is -0.262 e. The molecule has 2 rings (SSSR count). The Bertz CT molecular complexity index is 524. The highest BCUT2D eigenvalue weighted by atomic mass is 14.7. The van der Waals surface area contributed by atoms with E-state index in [4.69, 9.17) is 0 Å². The van der Waals surface area contributed by atoms with E-state index in [9.17, 15) is 0 Å². The molecular weight excluding hydrogens is 230 g/mol. The van der Waals surface area contributed by atoms with Crippen molar-refractivity contribution in [3.05, 3.63) is 59.4 Å². The zero-order valence-corrected chi connectivity index (χ0v) is 12.2. The van der Waals surface area contributed by atoms with E-state index < -0.39 is 0 Å². The Morgan fingerprint density at radius 1 is 1.42 bits per heavy atom. The second-order valence-electron chi connectivity index (χ2n) is 5.49. The lowest BCUT2D eigenvalue weighted by Gasteiger charge is -2.21. The number of nitrogens with zero attached hydrogens (tertiary/aromatic N) is 1. The third-order valence-electron chi connectivity index (χ3n) is 3.91. The van der Waals surface area contributed by atoms with Crippen LogP contribution < -0.4 is 0 Å². The average molecular weight is 253 g/mol. The SMILES string of the molecule is C=C/N=C(/C)C1=C(C)CCC(C2=CCC(C)C=C2)=C1. The Labute approximate surface area is 116 Å². The zero-order valence-electron chi connectivity index (χ0n) is 12.2. The van der Waals surface area contributed by atoms with Gasteiger partial charge in [0.2, 0.25) is 0 Å². The molecule has 1 heteroatoms. The molecule has 0 radical (unpaired) electrons. The van der Waals surface area contributed by atoms with Gasteiger partial charge in [0.05, 0.1) is 0 Å². The summed E-state index contributed by atoms with van der Waals surface area (Å²) in [6.07, 6.45) is 14.3. The number of hydrogen-bond donors (Lipinski definition) is 0. The topological polar surface area (TPSA) is 12.4 Å². The van der Waals surface area contributed by atoms with Crippen LogP contribution >= 0.6 is 0 Å². The number of hydrogen-bond acceptors (Lipinski definition) is 1. The maximum atomic E-state index is 4.33. The summed E-state index contributed by atoms with van der Waals surface area (Å²) in [5.41, 5.74) is 6.63. The van der Waals surface area contributed by atoms with Gasteiger partial charge in [0.15, 0.2) is 0 Å². The molecule has 0 saturated heterocycles. The predicted molar refractivity (Wildman–Crippen MR) is 84.3 cm³/mol. The number of allylic oxidation sites excluding steroid dienone is 8. The molecule has 2 aliphatic carbocycles. The molecule has 0 aromatic rings. The first-order valence-corrected chi connectivity index (χ1v) is 7.06. The van der Waals surface area contributed by atoms with Gasteiger partial charge in [0.1, 0.15) is 0 Å². The van der Waals surface area contributed by atoms with Gasteiger partial charge >= 0.3 is 0 Å². The molecule has 0 amide bonds. The summed E-state index contributed by atoms with van der Waals surface area (Å²) >= 11 is 0. The summed E-state index contributed by atoms with van der Waals surface area (Å²) in [5, 5.41) is 0. The van der Waals surface area contributed by atoms with Gasteiger partial charge in [0, 0.05) is 11.9 Å². The van der Waals surface area contributed by atoms with E-state index >= 15 is 0 Å². The van der Waals surface area contributed by atoms with Gasteiger partial charge in [-0.3, -0.25) is 4.99 Å². The van der Waals surface area contributed by atoms with E-state index in [-0.39, 0.29) is 0 Å². The fourth-order valence-electron chi connectivity index (χ4n) is 2.64. The van der Waals surface area contributed by atoms with Crippen molar-refractivity contribution in [2.75, 3.05) is 0 Å². The maximum Gasteiger partial charge on any atom is 0.0444 e. The van der Waals surface area contributed by atoms with E-state index in [1.54, 1.807) is 6.20 Å². The van der Waals surface area contributed by atoms with E-state index in [0.29, 0.717) is 5.92 Å². The van der Waals surface area contributed by atoms with Crippen LogP contribution in [0, 0.1) is 5.92 Å². The Balaban J connectivity index is 2.29. The first-order valence-electron chi connectivity index (χ1n) is 7.06. The fourth-order valence-corrected chi connectivity index (χ4v) is 2.64. The molecule has 1 unspecified atom stereocenters. The van der Waals surface area contributed by atoms with E-state index in [1.165, 1.54) is 22.3 Å². The van der Waals surface area contributed by atoms with Crippen molar-refractivity contribution in [2.24, 2.45) is 10.9 Å². The third-order valence-corrected chi connectivity index (χ3v) is 3.91. The molecule has 0 aliphatic heterocycles. The van der Waals surface area contributed by atoms with Crippen molar-refractivity contribution in [3.8, 4) is 0 Å². The van der Waals surface area contributed by atoms with Crippen LogP contribution in [0.2, 0.25) is 0 Å². The summed E-state index contributed by atoms with van der Waals surface area (Å²) in [7, 11) is 0. The van der Waals surface area contributed by atoms with Gasteiger partial charge in [-0.1, -0.05) is 37.3 Å². The van der Waals surface area contributed by atoms with Gasteiger partial charge < -0.3 is 0 Å². The van der Waals surface area contributed by atoms with Gasteiger partial charge in [-0.25, -0.2) is 0 Å². The maximum absolute atomic E-state index is 4.33. The van der Waals surface area contributed by atoms with Gasteiger partial charge in [-0.2, -0.15) is 0 Å². The quantitative estimate of drug-likeness (QED) is 0.617. The molecule has 0 bridgehead atoms. The van der Waals surface area contributed by atoms with Crippen LogP contribution in [0.15, 0.2) is 64.4 Å². The first-order chi connectivity index (χ1) is 9.11. The average Bonchev–Trinajstić information content (AvgIpc) is 2.40. The lowest BCUT2D eigenvalue weighted by Crippen LogP contribution is -2.06. The molecule has 1 atom stereocenters. The van der Waals surface area contributed by atoms with Crippen molar-refractivity contribution in [3.63, 3.8) is 0 Å². The number of rotatable bonds is 3. The summed E-state index contributed by atoms with van der Waals surface area (Å²) in [6.45, 7) is 10.2.